The second-order valence-electron chi connectivity index (χ2n) is 6.82. The van der Waals surface area contributed by atoms with Gasteiger partial charge in [-0.25, -0.2) is 13.6 Å². The fraction of sp³-hybridized carbons (Fsp3) is 0.100. The zero-order valence-electron chi connectivity index (χ0n) is 16.9. The summed E-state index contributed by atoms with van der Waals surface area (Å²) in [5, 5.41) is 26.1. The highest BCUT2D eigenvalue weighted by Gasteiger charge is 2.15. The first-order valence-electron chi connectivity index (χ1n) is 9.04. The minimum atomic E-state index is -3.87. The van der Waals surface area contributed by atoms with E-state index < -0.39 is 27.4 Å². The number of azo groups is 1. The van der Waals surface area contributed by atoms with E-state index in [0.717, 1.165) is 10.9 Å². The zero-order valence-corrected chi connectivity index (χ0v) is 18.5. The van der Waals surface area contributed by atoms with Gasteiger partial charge in [0.25, 0.3) is 5.91 Å². The number of fused-ring (bicyclic) bond motifs is 1. The summed E-state index contributed by atoms with van der Waals surface area (Å²) in [4.78, 5) is 26.8. The van der Waals surface area contributed by atoms with Crippen molar-refractivity contribution in [1.29, 1.82) is 0 Å². The van der Waals surface area contributed by atoms with Gasteiger partial charge in [0.05, 0.1) is 15.4 Å². The van der Waals surface area contributed by atoms with E-state index in [0.29, 0.717) is 5.52 Å². The van der Waals surface area contributed by atoms with E-state index in [9.17, 15) is 23.1 Å². The van der Waals surface area contributed by atoms with Crippen molar-refractivity contribution in [3.8, 4) is 0 Å². The van der Waals surface area contributed by atoms with Gasteiger partial charge in [-0.15, -0.1) is 10.2 Å². The highest BCUT2D eigenvalue weighted by atomic mass is 35.5. The maximum atomic E-state index is 12.5. The number of aryl methyl sites for hydroxylation is 1. The van der Waals surface area contributed by atoms with E-state index in [1.54, 1.807) is 13.0 Å². The molecule has 0 saturated carbocycles. The van der Waals surface area contributed by atoms with E-state index in [2.05, 4.69) is 20.5 Å². The summed E-state index contributed by atoms with van der Waals surface area (Å²) in [6, 6.07) is 9.66. The molecule has 1 heterocycles. The van der Waals surface area contributed by atoms with E-state index >= 15 is 0 Å². The number of rotatable bonds is 5. The van der Waals surface area contributed by atoms with Crippen LogP contribution in [-0.2, 0) is 14.8 Å². The van der Waals surface area contributed by atoms with Gasteiger partial charge < -0.3 is 15.4 Å². The Morgan fingerprint density at radius 1 is 1.19 bits per heavy atom. The third-order valence-corrected chi connectivity index (χ3v) is 5.61. The number of benzene rings is 2. The number of primary sulfonamides is 1. The Kier molecular flexibility index (Phi) is 6.44. The molecule has 0 aliphatic heterocycles. The van der Waals surface area contributed by atoms with Crippen LogP contribution in [0.5, 0.6) is 0 Å². The third-order valence-electron chi connectivity index (χ3n) is 4.37. The predicted molar refractivity (Wildman–Crippen MR) is 121 cm³/mol. The number of halogens is 1. The number of H-pyrrole nitrogens is 1. The summed E-state index contributed by atoms with van der Waals surface area (Å²) in [5.41, 5.74) is 0.944. The van der Waals surface area contributed by atoms with E-state index in [4.69, 9.17) is 16.7 Å². The molecule has 3 aromatic rings. The van der Waals surface area contributed by atoms with Crippen LogP contribution >= 0.6 is 11.6 Å². The lowest BCUT2D eigenvalue weighted by atomic mass is 10.1. The van der Waals surface area contributed by atoms with Gasteiger partial charge in [0.15, 0.2) is 5.70 Å². The van der Waals surface area contributed by atoms with E-state index in [1.165, 1.54) is 43.3 Å². The minimum Gasteiger partial charge on any atom is -0.510 e. The number of sulfonamides is 1. The summed E-state index contributed by atoms with van der Waals surface area (Å²) in [6.45, 7) is 3.02. The van der Waals surface area contributed by atoms with Gasteiger partial charge in [0, 0.05) is 17.1 Å². The molecule has 0 unspecified atom stereocenters. The molecule has 2 aromatic carbocycles. The number of hydrogen-bond donors (Lipinski definition) is 4. The number of carbonyl (C=O) groups is 1. The minimum absolute atomic E-state index is 0.122. The van der Waals surface area contributed by atoms with Crippen molar-refractivity contribution in [2.24, 2.45) is 15.4 Å². The lowest BCUT2D eigenvalue weighted by molar-refractivity contribution is -0.113. The number of aliphatic hydroxyl groups excluding tert-OH is 1. The monoisotopic (exact) mass is 475 g/mol. The van der Waals surface area contributed by atoms with Crippen LogP contribution in [0.15, 0.2) is 73.8 Å². The quantitative estimate of drug-likeness (QED) is 0.250. The number of nitrogens with zero attached hydrogens (tertiary/aromatic N) is 2. The average molecular weight is 476 g/mol. The third kappa shape index (κ3) is 5.19. The molecule has 5 N–H and O–H groups in total. The molecule has 32 heavy (non-hydrogen) atoms. The Bertz CT molecular complexity index is 1440. The van der Waals surface area contributed by atoms with Crippen molar-refractivity contribution in [2.75, 3.05) is 5.32 Å². The van der Waals surface area contributed by atoms with Gasteiger partial charge in [0.2, 0.25) is 15.6 Å². The summed E-state index contributed by atoms with van der Waals surface area (Å²) in [7, 11) is -3.87. The maximum absolute atomic E-state index is 12.5. The zero-order chi connectivity index (χ0) is 23.6. The van der Waals surface area contributed by atoms with Crippen LogP contribution in [0.25, 0.3) is 10.9 Å². The Morgan fingerprint density at radius 2 is 1.84 bits per heavy atom. The van der Waals surface area contributed by atoms with Gasteiger partial charge in [-0.05, 0) is 55.8 Å². The molecule has 0 radical (unpaired) electrons. The Labute approximate surface area is 187 Å². The van der Waals surface area contributed by atoms with Crippen molar-refractivity contribution in [3.63, 3.8) is 0 Å². The smallest absolute Gasteiger partial charge is 0.279 e. The number of anilines is 1. The summed E-state index contributed by atoms with van der Waals surface area (Å²) >= 11 is 6.25. The number of aliphatic hydroxyl groups is 1. The number of allylic oxidation sites excluding steroid dienone is 1. The van der Waals surface area contributed by atoms with Crippen molar-refractivity contribution in [3.05, 3.63) is 74.9 Å². The summed E-state index contributed by atoms with van der Waals surface area (Å²) in [6.07, 6.45) is 0. The molecule has 0 aliphatic rings. The molecular weight excluding hydrogens is 458 g/mol. The number of aromatic nitrogens is 1. The highest BCUT2D eigenvalue weighted by molar-refractivity contribution is 7.89. The molecular formula is C20H18ClN5O5S. The second kappa shape index (κ2) is 8.91. The summed E-state index contributed by atoms with van der Waals surface area (Å²) < 4.78 is 22.6. The number of aromatic amines is 1. The Morgan fingerprint density at radius 3 is 2.44 bits per heavy atom. The average Bonchev–Trinajstić information content (AvgIpc) is 2.68. The SMILES string of the molecule is CC(O)=C(N=Nc1cc2[nH]c(=O)cc(C)c2cc1Cl)C(=O)Nc1ccc(S(N)(=O)=O)cc1. The maximum Gasteiger partial charge on any atom is 0.279 e. The standard InChI is InChI=1S/C20H18ClN5O5S/c1-10-7-18(28)24-16-9-17(15(21)8-14(10)16)25-26-19(11(2)27)20(29)23-12-3-5-13(6-4-12)32(22,30)31/h3-9,27H,1-2H3,(H,23,29)(H,24,28)(H2,22,30,31). The van der Waals surface area contributed by atoms with Crippen LogP contribution in [0.3, 0.4) is 0 Å². The molecule has 0 spiro atoms. The first kappa shape index (κ1) is 23.1. The number of amides is 1. The number of nitrogens with two attached hydrogens (primary N) is 1. The largest absolute Gasteiger partial charge is 0.510 e. The predicted octanol–water partition coefficient (Wildman–Crippen LogP) is 3.65. The molecule has 10 nitrogen and oxygen atoms in total. The van der Waals surface area contributed by atoms with E-state index in [-0.39, 0.29) is 26.9 Å². The Balaban J connectivity index is 1.88. The lowest BCUT2D eigenvalue weighted by Crippen LogP contribution is -2.15. The van der Waals surface area contributed by atoms with Gasteiger partial charge in [-0.2, -0.15) is 0 Å². The van der Waals surface area contributed by atoms with Crippen LogP contribution in [0.1, 0.15) is 12.5 Å². The second-order valence-corrected chi connectivity index (χ2v) is 8.79. The fourth-order valence-corrected chi connectivity index (χ4v) is 3.53. The van der Waals surface area contributed by atoms with Gasteiger partial charge in [-0.3, -0.25) is 9.59 Å². The molecule has 0 saturated heterocycles. The molecule has 166 valence electrons. The first-order chi connectivity index (χ1) is 15.0. The van der Waals surface area contributed by atoms with Crippen LogP contribution in [-0.4, -0.2) is 24.4 Å². The van der Waals surface area contributed by atoms with Crippen LogP contribution in [0.2, 0.25) is 5.02 Å². The van der Waals surface area contributed by atoms with Crippen LogP contribution in [0.4, 0.5) is 11.4 Å². The molecule has 3 rings (SSSR count). The molecule has 0 fully saturated rings. The lowest BCUT2D eigenvalue weighted by Gasteiger charge is -2.07. The number of nitrogens with one attached hydrogen (secondary N) is 2. The normalized spacial score (nSPS) is 12.8. The van der Waals surface area contributed by atoms with Crippen molar-refractivity contribution in [2.45, 2.75) is 18.7 Å². The van der Waals surface area contributed by atoms with Gasteiger partial charge in [0.1, 0.15) is 11.4 Å². The van der Waals surface area contributed by atoms with Gasteiger partial charge in [-0.1, -0.05) is 11.6 Å². The Hall–Kier alpha value is -3.54. The molecule has 0 atom stereocenters. The number of pyridine rings is 1. The molecule has 12 heteroatoms. The molecule has 0 bridgehead atoms. The van der Waals surface area contributed by atoms with E-state index in [1.807, 2.05) is 0 Å². The van der Waals surface area contributed by atoms with Crippen molar-refractivity contribution >= 4 is 49.8 Å². The van der Waals surface area contributed by atoms with Crippen LogP contribution in [0, 0.1) is 6.92 Å². The summed E-state index contributed by atoms with van der Waals surface area (Å²) in [5.74, 6) is -1.20. The molecule has 1 amide bonds. The van der Waals surface area contributed by atoms with Crippen molar-refractivity contribution in [1.82, 2.24) is 4.98 Å². The number of hydrogen-bond acceptors (Lipinski definition) is 7. The fourth-order valence-electron chi connectivity index (χ4n) is 2.82. The first-order valence-corrected chi connectivity index (χ1v) is 11.0. The molecule has 0 aliphatic carbocycles. The van der Waals surface area contributed by atoms with Crippen molar-refractivity contribution < 1.29 is 18.3 Å². The van der Waals surface area contributed by atoms with Crippen LogP contribution < -0.4 is 16.0 Å². The number of carbonyl (C=O) groups excluding carboxylic acids is 1. The topological polar surface area (TPSA) is 167 Å². The van der Waals surface area contributed by atoms with Gasteiger partial charge >= 0.3 is 0 Å². The highest BCUT2D eigenvalue weighted by Crippen LogP contribution is 2.31. The molecule has 1 aromatic heterocycles.